The van der Waals surface area contributed by atoms with Crippen LogP contribution >= 0.6 is 0 Å². The van der Waals surface area contributed by atoms with Crippen molar-refractivity contribution in [3.8, 4) is 0 Å². The van der Waals surface area contributed by atoms with Gasteiger partial charge >= 0.3 is 0 Å². The Morgan fingerprint density at radius 3 is 2.56 bits per heavy atom. The first-order chi connectivity index (χ1) is 7.65. The molecular formula is C13H28N2O. The normalized spacial score (nSPS) is 18.4. The van der Waals surface area contributed by atoms with E-state index >= 15 is 0 Å². The highest BCUT2D eigenvalue weighted by Gasteiger charge is 2.24. The van der Waals surface area contributed by atoms with Gasteiger partial charge in [0.25, 0.3) is 0 Å². The highest BCUT2D eigenvalue weighted by Crippen LogP contribution is 2.19. The predicted molar refractivity (Wildman–Crippen MR) is 68.8 cm³/mol. The molecule has 0 spiro atoms. The van der Waals surface area contributed by atoms with Gasteiger partial charge in [-0.15, -0.1) is 0 Å². The molecule has 0 aromatic heterocycles. The highest BCUT2D eigenvalue weighted by atomic mass is 16.5. The van der Waals surface area contributed by atoms with Crippen LogP contribution < -0.4 is 5.32 Å². The zero-order chi connectivity index (χ0) is 12.0. The summed E-state index contributed by atoms with van der Waals surface area (Å²) in [4.78, 5) is 2.47. The maximum Gasteiger partial charge on any atom is 0.0474 e. The molecule has 0 amide bonds. The van der Waals surface area contributed by atoms with Crippen LogP contribution in [-0.4, -0.2) is 50.8 Å². The number of nitrogens with zero attached hydrogens (tertiary/aromatic N) is 1. The number of nitrogens with one attached hydrogen (secondary N) is 1. The topological polar surface area (TPSA) is 24.5 Å². The molecule has 0 aromatic carbocycles. The number of hydrogen-bond donors (Lipinski definition) is 1. The van der Waals surface area contributed by atoms with Crippen LogP contribution in [0.15, 0.2) is 0 Å². The minimum Gasteiger partial charge on any atom is -0.385 e. The predicted octanol–water partition coefficient (Wildman–Crippen LogP) is 1.73. The van der Waals surface area contributed by atoms with Gasteiger partial charge in [-0.3, -0.25) is 0 Å². The number of likely N-dealkylation sites (N-methyl/N-ethyl adjacent to an activating group) is 1. The summed E-state index contributed by atoms with van der Waals surface area (Å²) in [6.07, 6.45) is 3.87. The number of methoxy groups -OCH3 is 1. The standard InChI is InChI=1S/C13H28N2O/c1-11(2)13(10-14-12-6-7-12)15(3)8-5-9-16-4/h11-14H,5-10H2,1-4H3. The molecule has 3 heteroatoms. The van der Waals surface area contributed by atoms with Crippen LogP contribution in [0.2, 0.25) is 0 Å². The van der Waals surface area contributed by atoms with E-state index in [1.54, 1.807) is 7.11 Å². The van der Waals surface area contributed by atoms with Crippen LogP contribution in [-0.2, 0) is 4.74 Å². The zero-order valence-electron chi connectivity index (χ0n) is 11.3. The Kier molecular flexibility index (Phi) is 6.32. The summed E-state index contributed by atoms with van der Waals surface area (Å²) in [7, 11) is 4.00. The minimum absolute atomic E-state index is 0.650. The molecular weight excluding hydrogens is 200 g/mol. The third kappa shape index (κ3) is 5.28. The molecule has 1 aliphatic rings. The van der Waals surface area contributed by atoms with Crippen LogP contribution in [0.4, 0.5) is 0 Å². The SMILES string of the molecule is COCCCN(C)C(CNC1CC1)C(C)C. The molecule has 3 nitrogen and oxygen atoms in total. The van der Waals surface area contributed by atoms with Gasteiger partial charge in [-0.05, 0) is 32.2 Å². The fraction of sp³-hybridized carbons (Fsp3) is 1.00. The summed E-state index contributed by atoms with van der Waals surface area (Å²) in [6.45, 7) is 7.75. The number of rotatable bonds is 9. The van der Waals surface area contributed by atoms with Crippen LogP contribution in [0.1, 0.15) is 33.1 Å². The lowest BCUT2D eigenvalue weighted by Crippen LogP contribution is -2.44. The first-order valence-corrected chi connectivity index (χ1v) is 6.57. The second kappa shape index (κ2) is 7.25. The Morgan fingerprint density at radius 1 is 1.38 bits per heavy atom. The van der Waals surface area contributed by atoms with Crippen LogP contribution in [0, 0.1) is 5.92 Å². The fourth-order valence-corrected chi connectivity index (χ4v) is 2.10. The molecule has 1 saturated carbocycles. The lowest BCUT2D eigenvalue weighted by Gasteiger charge is -2.31. The van der Waals surface area contributed by atoms with E-state index in [1.807, 2.05) is 0 Å². The molecule has 0 bridgehead atoms. The second-order valence-electron chi connectivity index (χ2n) is 5.32. The molecule has 96 valence electrons. The van der Waals surface area contributed by atoms with Gasteiger partial charge in [0.05, 0.1) is 0 Å². The van der Waals surface area contributed by atoms with Crippen molar-refractivity contribution in [2.75, 3.05) is 33.9 Å². The van der Waals surface area contributed by atoms with Gasteiger partial charge in [-0.2, -0.15) is 0 Å². The van der Waals surface area contributed by atoms with E-state index in [9.17, 15) is 0 Å². The van der Waals surface area contributed by atoms with Crippen molar-refractivity contribution in [1.82, 2.24) is 10.2 Å². The molecule has 16 heavy (non-hydrogen) atoms. The lowest BCUT2D eigenvalue weighted by atomic mass is 10.0. The Labute approximate surface area is 101 Å². The summed E-state index contributed by atoms with van der Waals surface area (Å²) in [5.41, 5.74) is 0. The summed E-state index contributed by atoms with van der Waals surface area (Å²) in [5, 5.41) is 3.64. The van der Waals surface area contributed by atoms with Gasteiger partial charge in [-0.1, -0.05) is 13.8 Å². The van der Waals surface area contributed by atoms with E-state index in [1.165, 1.54) is 12.8 Å². The van der Waals surface area contributed by atoms with E-state index in [0.29, 0.717) is 12.0 Å². The lowest BCUT2D eigenvalue weighted by molar-refractivity contribution is 0.147. The van der Waals surface area contributed by atoms with E-state index in [0.717, 1.165) is 32.2 Å². The Hall–Kier alpha value is -0.120. The molecule has 1 aliphatic carbocycles. The molecule has 1 unspecified atom stereocenters. The zero-order valence-corrected chi connectivity index (χ0v) is 11.3. The third-order valence-electron chi connectivity index (χ3n) is 3.39. The molecule has 1 atom stereocenters. The Bertz CT molecular complexity index is 181. The minimum atomic E-state index is 0.650. The van der Waals surface area contributed by atoms with Crippen molar-refractivity contribution in [3.63, 3.8) is 0 Å². The van der Waals surface area contributed by atoms with Crippen molar-refractivity contribution >= 4 is 0 Å². The summed E-state index contributed by atoms with van der Waals surface area (Å²) < 4.78 is 5.10. The average molecular weight is 228 g/mol. The summed E-state index contributed by atoms with van der Waals surface area (Å²) in [6, 6.07) is 1.46. The summed E-state index contributed by atoms with van der Waals surface area (Å²) in [5.74, 6) is 0.707. The van der Waals surface area contributed by atoms with Gasteiger partial charge in [0.2, 0.25) is 0 Å². The molecule has 0 heterocycles. The van der Waals surface area contributed by atoms with Crippen molar-refractivity contribution in [1.29, 1.82) is 0 Å². The second-order valence-corrected chi connectivity index (χ2v) is 5.32. The van der Waals surface area contributed by atoms with Crippen molar-refractivity contribution in [2.24, 2.45) is 5.92 Å². The van der Waals surface area contributed by atoms with Gasteiger partial charge in [0.15, 0.2) is 0 Å². The average Bonchev–Trinajstić information content (AvgIpc) is 3.02. The maximum atomic E-state index is 5.10. The first-order valence-electron chi connectivity index (χ1n) is 6.57. The maximum absolute atomic E-state index is 5.10. The molecule has 0 saturated heterocycles. The van der Waals surface area contributed by atoms with Crippen LogP contribution in [0.5, 0.6) is 0 Å². The van der Waals surface area contributed by atoms with Crippen LogP contribution in [0.25, 0.3) is 0 Å². The van der Waals surface area contributed by atoms with Crippen LogP contribution in [0.3, 0.4) is 0 Å². The molecule has 1 rings (SSSR count). The largest absolute Gasteiger partial charge is 0.385 e. The molecule has 0 radical (unpaired) electrons. The highest BCUT2D eigenvalue weighted by molar-refractivity contribution is 4.84. The summed E-state index contributed by atoms with van der Waals surface area (Å²) >= 11 is 0. The number of ether oxygens (including phenoxy) is 1. The molecule has 1 N–H and O–H groups in total. The quantitative estimate of drug-likeness (QED) is 0.608. The monoisotopic (exact) mass is 228 g/mol. The van der Waals surface area contributed by atoms with Gasteiger partial charge in [0, 0.05) is 38.9 Å². The smallest absolute Gasteiger partial charge is 0.0474 e. The Morgan fingerprint density at radius 2 is 2.06 bits per heavy atom. The van der Waals surface area contributed by atoms with Crippen molar-refractivity contribution < 1.29 is 4.74 Å². The number of hydrogen-bond acceptors (Lipinski definition) is 3. The molecule has 0 aliphatic heterocycles. The van der Waals surface area contributed by atoms with Crippen molar-refractivity contribution in [2.45, 2.75) is 45.2 Å². The van der Waals surface area contributed by atoms with E-state index in [-0.39, 0.29) is 0 Å². The third-order valence-corrected chi connectivity index (χ3v) is 3.39. The van der Waals surface area contributed by atoms with Gasteiger partial charge in [-0.25, -0.2) is 0 Å². The van der Waals surface area contributed by atoms with E-state index < -0.39 is 0 Å². The fourth-order valence-electron chi connectivity index (χ4n) is 2.10. The van der Waals surface area contributed by atoms with Crippen molar-refractivity contribution in [3.05, 3.63) is 0 Å². The van der Waals surface area contributed by atoms with E-state index in [4.69, 9.17) is 4.74 Å². The molecule has 0 aromatic rings. The van der Waals surface area contributed by atoms with Gasteiger partial charge < -0.3 is 15.0 Å². The van der Waals surface area contributed by atoms with Gasteiger partial charge in [0.1, 0.15) is 0 Å². The van der Waals surface area contributed by atoms with E-state index in [2.05, 4.69) is 31.1 Å². The molecule has 1 fully saturated rings. The first kappa shape index (κ1) is 13.9. The Balaban J connectivity index is 2.22.